The standard InChI is InChI=1S/C23H26FN9O/c1-15-17-13-28-23(22-26-4-2-5-27-22)29-18(17)3-6-33(15)21-12-16(24)11-20(30-21)32-9-7-31(8-10-32)14-19(25)34/h2,4-5,11-13,15H,3,6-10,14H2,1H3,(H2,25,34). The van der Waals surface area contributed by atoms with E-state index in [-0.39, 0.29) is 24.3 Å². The largest absolute Gasteiger partial charge is 0.369 e. The SMILES string of the molecule is CC1c2cnc(-c3ncccn3)nc2CCN1c1cc(F)cc(N2CCN(CC(N)=O)CC2)n1. The molecule has 34 heavy (non-hydrogen) atoms. The van der Waals surface area contributed by atoms with Crippen LogP contribution in [-0.4, -0.2) is 75.0 Å². The molecule has 0 spiro atoms. The van der Waals surface area contributed by atoms with Crippen LogP contribution >= 0.6 is 0 Å². The lowest BCUT2D eigenvalue weighted by Crippen LogP contribution is -2.49. The summed E-state index contributed by atoms with van der Waals surface area (Å²) >= 11 is 0. The highest BCUT2D eigenvalue weighted by Crippen LogP contribution is 2.33. The number of pyridine rings is 1. The van der Waals surface area contributed by atoms with Crippen LogP contribution < -0.4 is 15.5 Å². The monoisotopic (exact) mass is 463 g/mol. The molecule has 10 nitrogen and oxygen atoms in total. The highest BCUT2D eigenvalue weighted by molar-refractivity contribution is 5.76. The number of hydrogen-bond donors (Lipinski definition) is 1. The molecule has 1 fully saturated rings. The summed E-state index contributed by atoms with van der Waals surface area (Å²) in [4.78, 5) is 39.7. The highest BCUT2D eigenvalue weighted by Gasteiger charge is 2.28. The first-order valence-corrected chi connectivity index (χ1v) is 11.3. The number of piperazine rings is 1. The Morgan fingerprint density at radius 3 is 2.50 bits per heavy atom. The van der Waals surface area contributed by atoms with E-state index in [9.17, 15) is 9.18 Å². The van der Waals surface area contributed by atoms with E-state index in [4.69, 9.17) is 15.7 Å². The molecule has 3 aromatic rings. The molecule has 1 saturated heterocycles. The van der Waals surface area contributed by atoms with Crippen LogP contribution in [-0.2, 0) is 11.2 Å². The number of fused-ring (bicyclic) bond motifs is 1. The van der Waals surface area contributed by atoms with Gasteiger partial charge in [-0.3, -0.25) is 9.69 Å². The Morgan fingerprint density at radius 1 is 1.03 bits per heavy atom. The molecule has 1 atom stereocenters. The van der Waals surface area contributed by atoms with Gasteiger partial charge >= 0.3 is 0 Å². The first kappa shape index (κ1) is 22.1. The fraction of sp³-hybridized carbons (Fsp3) is 0.391. The van der Waals surface area contributed by atoms with Crippen LogP contribution in [0.25, 0.3) is 11.6 Å². The van der Waals surface area contributed by atoms with Gasteiger partial charge in [-0.15, -0.1) is 0 Å². The molecule has 2 aliphatic heterocycles. The molecule has 1 unspecified atom stereocenters. The number of nitrogens with two attached hydrogens (primary N) is 1. The van der Waals surface area contributed by atoms with Crippen molar-refractivity contribution >= 4 is 17.5 Å². The van der Waals surface area contributed by atoms with E-state index in [2.05, 4.69) is 26.8 Å². The Morgan fingerprint density at radius 2 is 1.76 bits per heavy atom. The van der Waals surface area contributed by atoms with Crippen molar-refractivity contribution in [3.05, 3.63) is 53.9 Å². The van der Waals surface area contributed by atoms with E-state index < -0.39 is 0 Å². The van der Waals surface area contributed by atoms with Gasteiger partial charge in [-0.1, -0.05) is 0 Å². The Kier molecular flexibility index (Phi) is 6.01. The predicted molar refractivity (Wildman–Crippen MR) is 125 cm³/mol. The van der Waals surface area contributed by atoms with Gasteiger partial charge in [0.25, 0.3) is 0 Å². The second-order valence-electron chi connectivity index (χ2n) is 8.52. The highest BCUT2D eigenvalue weighted by atomic mass is 19.1. The van der Waals surface area contributed by atoms with Crippen molar-refractivity contribution in [1.29, 1.82) is 0 Å². The molecule has 3 aromatic heterocycles. The summed E-state index contributed by atoms with van der Waals surface area (Å²) in [5, 5.41) is 0. The summed E-state index contributed by atoms with van der Waals surface area (Å²) in [5.74, 6) is 1.51. The quantitative estimate of drug-likeness (QED) is 0.595. The third-order valence-electron chi connectivity index (χ3n) is 6.31. The van der Waals surface area contributed by atoms with Gasteiger partial charge in [0.1, 0.15) is 17.5 Å². The van der Waals surface area contributed by atoms with Gasteiger partial charge in [-0.2, -0.15) is 0 Å². The molecule has 2 N–H and O–H groups in total. The Balaban J connectivity index is 1.35. The summed E-state index contributed by atoms with van der Waals surface area (Å²) < 4.78 is 14.6. The topological polar surface area (TPSA) is 117 Å². The van der Waals surface area contributed by atoms with Crippen LogP contribution in [0.5, 0.6) is 0 Å². The van der Waals surface area contributed by atoms with E-state index in [1.54, 1.807) is 18.5 Å². The summed E-state index contributed by atoms with van der Waals surface area (Å²) in [5.41, 5.74) is 7.23. The van der Waals surface area contributed by atoms with Crippen LogP contribution in [0.1, 0.15) is 24.2 Å². The fourth-order valence-electron chi connectivity index (χ4n) is 4.53. The maximum Gasteiger partial charge on any atom is 0.231 e. The van der Waals surface area contributed by atoms with Crippen LogP contribution in [0.4, 0.5) is 16.0 Å². The second-order valence-corrected chi connectivity index (χ2v) is 8.52. The first-order chi connectivity index (χ1) is 16.5. The number of amides is 1. The van der Waals surface area contributed by atoms with Crippen molar-refractivity contribution in [2.45, 2.75) is 19.4 Å². The molecule has 5 heterocycles. The van der Waals surface area contributed by atoms with Gasteiger partial charge in [0.05, 0.1) is 18.3 Å². The molecule has 5 rings (SSSR count). The maximum atomic E-state index is 14.6. The number of primary amides is 1. The number of carbonyl (C=O) groups is 1. The minimum Gasteiger partial charge on any atom is -0.369 e. The predicted octanol–water partition coefficient (Wildman–Crippen LogP) is 1.20. The molecule has 2 aliphatic rings. The summed E-state index contributed by atoms with van der Waals surface area (Å²) in [7, 11) is 0. The lowest BCUT2D eigenvalue weighted by Gasteiger charge is -2.37. The van der Waals surface area contributed by atoms with E-state index >= 15 is 0 Å². The number of aromatic nitrogens is 5. The van der Waals surface area contributed by atoms with Crippen LogP contribution in [0.3, 0.4) is 0 Å². The number of anilines is 2. The Bertz CT molecular complexity index is 1180. The van der Waals surface area contributed by atoms with E-state index in [1.807, 2.05) is 16.0 Å². The third kappa shape index (κ3) is 4.51. The van der Waals surface area contributed by atoms with Crippen molar-refractivity contribution in [1.82, 2.24) is 29.8 Å². The minimum absolute atomic E-state index is 0.0657. The minimum atomic E-state index is -0.341. The van der Waals surface area contributed by atoms with Crippen LogP contribution in [0.2, 0.25) is 0 Å². The van der Waals surface area contributed by atoms with Crippen molar-refractivity contribution in [2.24, 2.45) is 5.73 Å². The zero-order chi connectivity index (χ0) is 23.7. The molecule has 1 amide bonds. The zero-order valence-corrected chi connectivity index (χ0v) is 18.9. The number of rotatable bonds is 5. The molecule has 11 heteroatoms. The summed E-state index contributed by atoms with van der Waals surface area (Å²) in [6.07, 6.45) is 5.82. The first-order valence-electron chi connectivity index (χ1n) is 11.3. The molecule has 0 aliphatic carbocycles. The summed E-state index contributed by atoms with van der Waals surface area (Å²) in [6.45, 7) is 5.60. The number of carbonyl (C=O) groups excluding carboxylic acids is 1. The number of halogens is 1. The average Bonchev–Trinajstić information content (AvgIpc) is 2.84. The molecule has 176 valence electrons. The van der Waals surface area contributed by atoms with Gasteiger partial charge < -0.3 is 15.5 Å². The van der Waals surface area contributed by atoms with Crippen molar-refractivity contribution in [2.75, 3.05) is 49.1 Å². The molecular weight excluding hydrogens is 437 g/mol. The van der Waals surface area contributed by atoms with E-state index in [1.165, 1.54) is 12.1 Å². The average molecular weight is 464 g/mol. The third-order valence-corrected chi connectivity index (χ3v) is 6.31. The van der Waals surface area contributed by atoms with Crippen molar-refractivity contribution in [3.63, 3.8) is 0 Å². The van der Waals surface area contributed by atoms with Crippen molar-refractivity contribution in [3.8, 4) is 11.6 Å². The zero-order valence-electron chi connectivity index (χ0n) is 18.9. The van der Waals surface area contributed by atoms with Gasteiger partial charge in [-0.05, 0) is 13.0 Å². The summed E-state index contributed by atoms with van der Waals surface area (Å²) in [6, 6.07) is 4.62. The van der Waals surface area contributed by atoms with Gasteiger partial charge in [0.15, 0.2) is 11.6 Å². The van der Waals surface area contributed by atoms with Gasteiger partial charge in [0, 0.05) is 75.4 Å². The van der Waals surface area contributed by atoms with Crippen LogP contribution in [0.15, 0.2) is 36.8 Å². The molecule has 0 radical (unpaired) electrons. The van der Waals surface area contributed by atoms with E-state index in [0.717, 1.165) is 11.3 Å². The smallest absolute Gasteiger partial charge is 0.231 e. The number of nitrogens with zero attached hydrogens (tertiary/aromatic N) is 8. The van der Waals surface area contributed by atoms with E-state index in [0.29, 0.717) is 62.4 Å². The lowest BCUT2D eigenvalue weighted by atomic mass is 9.99. The normalized spacial score (nSPS) is 18.6. The van der Waals surface area contributed by atoms with Crippen LogP contribution in [0, 0.1) is 5.82 Å². The van der Waals surface area contributed by atoms with Gasteiger partial charge in [-0.25, -0.2) is 29.3 Å². The molecule has 0 aromatic carbocycles. The molecule has 0 saturated carbocycles. The molecule has 0 bridgehead atoms. The van der Waals surface area contributed by atoms with Gasteiger partial charge in [0.2, 0.25) is 5.91 Å². The second kappa shape index (κ2) is 9.26. The lowest BCUT2D eigenvalue weighted by molar-refractivity contribution is -0.119. The Labute approximate surface area is 196 Å². The molecular formula is C23H26FN9O. The van der Waals surface area contributed by atoms with Crippen molar-refractivity contribution < 1.29 is 9.18 Å². The Hall–Kier alpha value is -3.73. The maximum absolute atomic E-state index is 14.6. The fourth-order valence-corrected chi connectivity index (χ4v) is 4.53. The number of hydrogen-bond acceptors (Lipinski definition) is 9.